The van der Waals surface area contributed by atoms with Crippen molar-refractivity contribution >= 4 is 23.2 Å². The zero-order valence-corrected chi connectivity index (χ0v) is 16.1. The third-order valence-corrected chi connectivity index (χ3v) is 4.88. The standard InChI is InChI=1S/C21H19FN2O3S/c1-14-5-4-7-15(9-14)21-24-17(13-28-21)10-20(26)27-12-19(25)23-11-16-6-2-3-8-18(16)22/h2-9,13H,10-12H2,1H3,(H,23,25). The predicted molar refractivity (Wildman–Crippen MR) is 105 cm³/mol. The maximum absolute atomic E-state index is 13.5. The van der Waals surface area contributed by atoms with Crippen molar-refractivity contribution in [3.63, 3.8) is 0 Å². The lowest BCUT2D eigenvalue weighted by atomic mass is 10.1. The molecule has 0 bridgehead atoms. The Morgan fingerprint density at radius 1 is 1.18 bits per heavy atom. The molecule has 3 aromatic rings. The van der Waals surface area contributed by atoms with Crippen LogP contribution in [-0.4, -0.2) is 23.5 Å². The number of ether oxygens (including phenoxy) is 1. The molecular weight excluding hydrogens is 379 g/mol. The summed E-state index contributed by atoms with van der Waals surface area (Å²) in [6, 6.07) is 14.1. The van der Waals surface area contributed by atoms with Crippen LogP contribution in [0.2, 0.25) is 0 Å². The van der Waals surface area contributed by atoms with Crippen LogP contribution in [0.25, 0.3) is 10.6 Å². The maximum Gasteiger partial charge on any atom is 0.312 e. The van der Waals surface area contributed by atoms with E-state index in [1.165, 1.54) is 17.4 Å². The van der Waals surface area contributed by atoms with E-state index >= 15 is 0 Å². The molecule has 0 saturated heterocycles. The minimum atomic E-state index is -0.540. The third-order valence-electron chi connectivity index (χ3n) is 3.94. The lowest BCUT2D eigenvalue weighted by molar-refractivity contribution is -0.147. The molecule has 1 aromatic heterocycles. The lowest BCUT2D eigenvalue weighted by Gasteiger charge is -2.07. The van der Waals surface area contributed by atoms with Gasteiger partial charge >= 0.3 is 5.97 Å². The highest BCUT2D eigenvalue weighted by Crippen LogP contribution is 2.24. The van der Waals surface area contributed by atoms with Gasteiger partial charge in [-0.2, -0.15) is 0 Å². The molecule has 0 radical (unpaired) electrons. The molecule has 2 aromatic carbocycles. The second-order valence-electron chi connectivity index (χ2n) is 6.22. The van der Waals surface area contributed by atoms with E-state index in [9.17, 15) is 14.0 Å². The number of aryl methyl sites for hydroxylation is 1. The fourth-order valence-electron chi connectivity index (χ4n) is 2.53. The molecule has 0 aliphatic heterocycles. The van der Waals surface area contributed by atoms with Gasteiger partial charge in [-0.25, -0.2) is 9.37 Å². The Bertz CT molecular complexity index is 987. The van der Waals surface area contributed by atoms with Crippen LogP contribution < -0.4 is 5.32 Å². The number of benzene rings is 2. The maximum atomic E-state index is 13.5. The van der Waals surface area contributed by atoms with Crippen molar-refractivity contribution in [3.8, 4) is 10.6 Å². The molecule has 1 heterocycles. The molecule has 0 atom stereocenters. The smallest absolute Gasteiger partial charge is 0.312 e. The number of amides is 1. The Balaban J connectivity index is 1.45. The van der Waals surface area contributed by atoms with Crippen molar-refractivity contribution < 1.29 is 18.7 Å². The van der Waals surface area contributed by atoms with Crippen molar-refractivity contribution in [1.29, 1.82) is 0 Å². The summed E-state index contributed by atoms with van der Waals surface area (Å²) in [5.41, 5.74) is 3.10. The number of rotatable bonds is 7. The van der Waals surface area contributed by atoms with Crippen LogP contribution in [0.1, 0.15) is 16.8 Å². The first-order valence-corrected chi connectivity index (χ1v) is 9.56. The molecule has 144 valence electrons. The van der Waals surface area contributed by atoms with E-state index in [-0.39, 0.29) is 13.0 Å². The zero-order chi connectivity index (χ0) is 19.9. The first-order chi connectivity index (χ1) is 13.5. The molecule has 0 aliphatic carbocycles. The summed E-state index contributed by atoms with van der Waals surface area (Å²) < 4.78 is 18.5. The van der Waals surface area contributed by atoms with Gasteiger partial charge in [0.1, 0.15) is 10.8 Å². The average Bonchev–Trinajstić information content (AvgIpc) is 3.14. The van der Waals surface area contributed by atoms with E-state index < -0.39 is 24.3 Å². The van der Waals surface area contributed by atoms with E-state index in [0.717, 1.165) is 16.1 Å². The number of hydrogen-bond donors (Lipinski definition) is 1. The van der Waals surface area contributed by atoms with Gasteiger partial charge in [-0.3, -0.25) is 9.59 Å². The highest BCUT2D eigenvalue weighted by Gasteiger charge is 2.12. The van der Waals surface area contributed by atoms with Crippen molar-refractivity contribution in [2.24, 2.45) is 0 Å². The van der Waals surface area contributed by atoms with Crippen molar-refractivity contribution in [1.82, 2.24) is 10.3 Å². The second kappa shape index (κ2) is 9.23. The predicted octanol–water partition coefficient (Wildman–Crippen LogP) is 3.66. The van der Waals surface area contributed by atoms with Crippen LogP contribution in [0.5, 0.6) is 0 Å². The topological polar surface area (TPSA) is 68.3 Å². The molecule has 5 nitrogen and oxygen atoms in total. The van der Waals surface area contributed by atoms with Crippen LogP contribution in [-0.2, 0) is 27.3 Å². The molecule has 0 spiro atoms. The molecule has 0 unspecified atom stereocenters. The Hall–Kier alpha value is -3.06. The first-order valence-electron chi connectivity index (χ1n) is 8.68. The summed E-state index contributed by atoms with van der Waals surface area (Å²) >= 11 is 1.45. The number of carbonyl (C=O) groups excluding carboxylic acids is 2. The van der Waals surface area contributed by atoms with Crippen LogP contribution >= 0.6 is 11.3 Å². The van der Waals surface area contributed by atoms with E-state index in [2.05, 4.69) is 10.3 Å². The molecule has 3 rings (SSSR count). The quantitative estimate of drug-likeness (QED) is 0.617. The van der Waals surface area contributed by atoms with Gasteiger partial charge in [0, 0.05) is 23.1 Å². The highest BCUT2D eigenvalue weighted by molar-refractivity contribution is 7.13. The number of carbonyl (C=O) groups is 2. The molecule has 28 heavy (non-hydrogen) atoms. The largest absolute Gasteiger partial charge is 0.455 e. The van der Waals surface area contributed by atoms with Crippen molar-refractivity contribution in [3.05, 3.63) is 76.5 Å². The van der Waals surface area contributed by atoms with Crippen molar-refractivity contribution in [2.45, 2.75) is 19.9 Å². The SMILES string of the molecule is Cc1cccc(-c2nc(CC(=O)OCC(=O)NCc3ccccc3F)cs2)c1. The first kappa shape index (κ1) is 19.7. The van der Waals surface area contributed by atoms with E-state index in [1.54, 1.807) is 23.6 Å². The number of hydrogen-bond acceptors (Lipinski definition) is 5. The average molecular weight is 398 g/mol. The summed E-state index contributed by atoms with van der Waals surface area (Å²) in [5.74, 6) is -1.43. The molecule has 0 fully saturated rings. The lowest BCUT2D eigenvalue weighted by Crippen LogP contribution is -2.29. The molecular formula is C21H19FN2O3S. The van der Waals surface area contributed by atoms with E-state index in [1.807, 2.05) is 31.2 Å². The Morgan fingerprint density at radius 3 is 2.79 bits per heavy atom. The Kier molecular flexibility index (Phi) is 6.49. The number of aromatic nitrogens is 1. The van der Waals surface area contributed by atoms with Gasteiger partial charge < -0.3 is 10.1 Å². The molecule has 1 N–H and O–H groups in total. The number of esters is 1. The monoisotopic (exact) mass is 398 g/mol. The fourth-order valence-corrected chi connectivity index (χ4v) is 3.35. The van der Waals surface area contributed by atoms with Crippen LogP contribution in [0.3, 0.4) is 0 Å². The number of nitrogens with one attached hydrogen (secondary N) is 1. The van der Waals surface area contributed by atoms with Crippen LogP contribution in [0.15, 0.2) is 53.9 Å². The number of thiazole rings is 1. The van der Waals surface area contributed by atoms with Gasteiger partial charge in [0.25, 0.3) is 5.91 Å². The molecule has 0 aliphatic rings. The van der Waals surface area contributed by atoms with E-state index in [0.29, 0.717) is 11.3 Å². The number of nitrogens with zero attached hydrogens (tertiary/aromatic N) is 1. The van der Waals surface area contributed by atoms with Crippen molar-refractivity contribution in [2.75, 3.05) is 6.61 Å². The molecule has 0 saturated carbocycles. The Morgan fingerprint density at radius 2 is 2.00 bits per heavy atom. The minimum Gasteiger partial charge on any atom is -0.455 e. The third kappa shape index (κ3) is 5.47. The minimum absolute atomic E-state index is 0.0110. The van der Waals surface area contributed by atoms with Gasteiger partial charge in [0.05, 0.1) is 12.1 Å². The van der Waals surface area contributed by atoms with Gasteiger partial charge in [-0.15, -0.1) is 11.3 Å². The molecule has 7 heteroatoms. The van der Waals surface area contributed by atoms with Gasteiger partial charge in [-0.05, 0) is 19.1 Å². The molecule has 1 amide bonds. The van der Waals surface area contributed by atoms with Crippen LogP contribution in [0.4, 0.5) is 4.39 Å². The highest BCUT2D eigenvalue weighted by atomic mass is 32.1. The summed E-state index contributed by atoms with van der Waals surface area (Å²) in [6.45, 7) is 1.63. The van der Waals surface area contributed by atoms with E-state index in [4.69, 9.17) is 4.74 Å². The summed E-state index contributed by atoms with van der Waals surface area (Å²) in [7, 11) is 0. The van der Waals surface area contributed by atoms with Gasteiger partial charge in [0.15, 0.2) is 6.61 Å². The van der Waals surface area contributed by atoms with Gasteiger partial charge in [-0.1, -0.05) is 42.0 Å². The number of halogens is 1. The van der Waals surface area contributed by atoms with Crippen LogP contribution in [0, 0.1) is 12.7 Å². The summed E-state index contributed by atoms with van der Waals surface area (Å²) in [6.07, 6.45) is -0.0110. The summed E-state index contributed by atoms with van der Waals surface area (Å²) in [4.78, 5) is 28.2. The summed E-state index contributed by atoms with van der Waals surface area (Å²) in [5, 5.41) is 5.15. The van der Waals surface area contributed by atoms with Gasteiger partial charge in [0.2, 0.25) is 0 Å². The zero-order valence-electron chi connectivity index (χ0n) is 15.3. The fraction of sp³-hybridized carbons (Fsp3) is 0.190. The Labute approximate surface area is 166 Å². The second-order valence-corrected chi connectivity index (χ2v) is 7.08. The normalized spacial score (nSPS) is 10.5.